The van der Waals surface area contributed by atoms with Gasteiger partial charge in [0.25, 0.3) is 0 Å². The summed E-state index contributed by atoms with van der Waals surface area (Å²) in [5, 5.41) is 12.7. The van der Waals surface area contributed by atoms with Gasteiger partial charge in [0.05, 0.1) is 34.8 Å². The number of rotatable bonds is 7. The van der Waals surface area contributed by atoms with E-state index in [4.69, 9.17) is 16.8 Å². The van der Waals surface area contributed by atoms with Gasteiger partial charge in [-0.05, 0) is 133 Å². The lowest BCUT2D eigenvalue weighted by Crippen LogP contribution is -2.17. The molecule has 0 spiro atoms. The minimum Gasteiger partial charge on any atom is -0.507 e. The highest BCUT2D eigenvalue weighted by Crippen LogP contribution is 2.47. The summed E-state index contributed by atoms with van der Waals surface area (Å²) in [7, 11) is 0. The molecular formula is C65H67N3O. The first kappa shape index (κ1) is 41.0. The zero-order valence-corrected chi connectivity index (χ0v) is 42.5. The summed E-state index contributed by atoms with van der Waals surface area (Å²) in [5.41, 5.74) is 15.6. The Morgan fingerprint density at radius 3 is 1.77 bits per heavy atom. The quantitative estimate of drug-likeness (QED) is 0.173. The number of hydrogen-bond acceptors (Lipinski definition) is 3. The van der Waals surface area contributed by atoms with Gasteiger partial charge in [0, 0.05) is 28.5 Å². The first-order valence-electron chi connectivity index (χ1n) is 26.5. The Labute approximate surface area is 417 Å². The van der Waals surface area contributed by atoms with E-state index in [1.165, 1.54) is 5.56 Å². The van der Waals surface area contributed by atoms with Crippen molar-refractivity contribution in [1.29, 1.82) is 0 Å². The third-order valence-electron chi connectivity index (χ3n) is 13.4. The predicted molar refractivity (Wildman–Crippen MR) is 293 cm³/mol. The van der Waals surface area contributed by atoms with Gasteiger partial charge in [-0.15, -0.1) is 0 Å². The lowest BCUT2D eigenvalue weighted by atomic mass is 9.79. The summed E-state index contributed by atoms with van der Waals surface area (Å²) < 4.78 is 44.8. The number of nitrogens with zero attached hydrogens (tertiary/aromatic N) is 3. The van der Waals surface area contributed by atoms with Crippen molar-refractivity contribution in [2.75, 3.05) is 0 Å². The summed E-state index contributed by atoms with van der Waals surface area (Å²) >= 11 is 0. The SMILES string of the molecule is [2H]c1c([2H])c([2H])c(-c2ccnc(-c3cc(-c4cccc5c4nc(-c4cc(C(C)(C)C)cc(C(C)(C)C)c4O)n5-c4cc(C)c(-c5ccccc5)cc4-c4ccc(C(C)(C)C)cc4)cc(C(C)(C)C)c3)c2)c([2H])c1[2H]. The summed E-state index contributed by atoms with van der Waals surface area (Å²) in [6.45, 7) is 28.4. The Morgan fingerprint density at radius 2 is 1.12 bits per heavy atom. The Morgan fingerprint density at radius 1 is 0.478 bits per heavy atom. The Kier molecular flexibility index (Phi) is 10.4. The topological polar surface area (TPSA) is 50.9 Å². The number of hydrogen-bond donors (Lipinski definition) is 1. The van der Waals surface area contributed by atoms with Crippen molar-refractivity contribution in [2.45, 2.75) is 112 Å². The van der Waals surface area contributed by atoms with Crippen LogP contribution in [0.5, 0.6) is 5.75 Å². The van der Waals surface area contributed by atoms with Crippen LogP contribution in [0.25, 0.3) is 83.9 Å². The molecule has 0 bridgehead atoms. The number of imidazole rings is 1. The second-order valence-electron chi connectivity index (χ2n) is 22.7. The summed E-state index contributed by atoms with van der Waals surface area (Å²) in [6.07, 6.45) is 1.63. The number of aromatic nitrogens is 3. The number of aryl methyl sites for hydroxylation is 1. The van der Waals surface area contributed by atoms with E-state index in [1.807, 2.05) is 12.1 Å². The summed E-state index contributed by atoms with van der Waals surface area (Å²) in [5.74, 6) is 0.806. The maximum Gasteiger partial charge on any atom is 0.149 e. The van der Waals surface area contributed by atoms with Crippen LogP contribution in [-0.4, -0.2) is 19.6 Å². The molecule has 0 aliphatic rings. The molecule has 9 aromatic rings. The van der Waals surface area contributed by atoms with E-state index in [0.717, 1.165) is 77.9 Å². The maximum atomic E-state index is 12.7. The standard InChI is InChI=1S/C65H67N3O/c1-41-33-58(53(40-52(41)43-23-18-15-19-24-43)44-27-29-48(30-28-44)62(2,3)4)68-57-26-20-25-51(59(57)67-61(68)54-38-50(64(8,9)10)39-55(60(54)69)65(11,12)13)46-34-47(36-49(35-46)63(5,6)7)56-37-45(31-32-66-56)42-21-16-14-17-22-42/h14-40,69H,1-13H3/i14D,16D,17D,21D,22D. The van der Waals surface area contributed by atoms with E-state index >= 15 is 0 Å². The van der Waals surface area contributed by atoms with Crippen molar-refractivity contribution in [3.63, 3.8) is 0 Å². The lowest BCUT2D eigenvalue weighted by Gasteiger charge is -2.28. The monoisotopic (exact) mass is 911 g/mol. The van der Waals surface area contributed by atoms with Gasteiger partial charge in [-0.25, -0.2) is 4.98 Å². The van der Waals surface area contributed by atoms with Crippen LogP contribution in [0, 0.1) is 6.92 Å². The van der Waals surface area contributed by atoms with Gasteiger partial charge >= 0.3 is 0 Å². The second kappa shape index (κ2) is 17.5. The van der Waals surface area contributed by atoms with Gasteiger partial charge in [-0.3, -0.25) is 9.55 Å². The molecule has 4 nitrogen and oxygen atoms in total. The van der Waals surface area contributed by atoms with Gasteiger partial charge in [-0.1, -0.05) is 192 Å². The molecule has 0 saturated carbocycles. The zero-order chi connectivity index (χ0) is 53.6. The van der Waals surface area contributed by atoms with Crippen LogP contribution in [0.1, 0.15) is 118 Å². The molecule has 0 unspecified atom stereocenters. The molecule has 1 N–H and O–H groups in total. The van der Waals surface area contributed by atoms with E-state index < -0.39 is 11.5 Å². The van der Waals surface area contributed by atoms with E-state index in [-0.39, 0.29) is 51.7 Å². The van der Waals surface area contributed by atoms with Gasteiger partial charge < -0.3 is 5.11 Å². The van der Waals surface area contributed by atoms with Crippen LogP contribution < -0.4 is 0 Å². The number of aromatic hydroxyl groups is 1. The van der Waals surface area contributed by atoms with E-state index in [9.17, 15) is 5.11 Å². The van der Waals surface area contributed by atoms with E-state index in [0.29, 0.717) is 22.6 Å². The van der Waals surface area contributed by atoms with Crippen LogP contribution in [0.15, 0.2) is 164 Å². The highest BCUT2D eigenvalue weighted by atomic mass is 16.3. The second-order valence-corrected chi connectivity index (χ2v) is 22.7. The van der Waals surface area contributed by atoms with E-state index in [1.54, 1.807) is 12.3 Å². The van der Waals surface area contributed by atoms with Crippen molar-refractivity contribution in [3.05, 3.63) is 192 Å². The van der Waals surface area contributed by atoms with Crippen molar-refractivity contribution >= 4 is 11.0 Å². The third-order valence-corrected chi connectivity index (χ3v) is 13.4. The van der Waals surface area contributed by atoms with Crippen molar-refractivity contribution < 1.29 is 12.0 Å². The molecule has 0 saturated heterocycles. The van der Waals surface area contributed by atoms with Gasteiger partial charge in [0.1, 0.15) is 11.6 Å². The predicted octanol–water partition coefficient (Wildman–Crippen LogP) is 17.6. The highest BCUT2D eigenvalue weighted by Gasteiger charge is 2.30. The highest BCUT2D eigenvalue weighted by molar-refractivity contribution is 5.98. The fourth-order valence-electron chi connectivity index (χ4n) is 9.26. The molecule has 0 atom stereocenters. The third kappa shape index (κ3) is 9.30. The Hall–Kier alpha value is -7.04. The molecule has 0 fully saturated rings. The molecule has 0 aliphatic carbocycles. The normalized spacial score (nSPS) is 13.5. The molecule has 9 rings (SSSR count). The van der Waals surface area contributed by atoms with Gasteiger partial charge in [-0.2, -0.15) is 0 Å². The first-order chi connectivity index (χ1) is 34.6. The molecule has 348 valence electrons. The summed E-state index contributed by atoms with van der Waals surface area (Å²) in [6, 6.07) is 42.8. The maximum absolute atomic E-state index is 12.7. The van der Waals surface area contributed by atoms with Crippen LogP contribution >= 0.6 is 0 Å². The van der Waals surface area contributed by atoms with Gasteiger partial charge in [0.2, 0.25) is 0 Å². The van der Waals surface area contributed by atoms with Crippen LogP contribution in [0.3, 0.4) is 0 Å². The molecule has 7 aromatic carbocycles. The minimum absolute atomic E-state index is 0.0400. The minimum atomic E-state index is -0.433. The molecule has 2 heterocycles. The number of benzene rings is 7. The number of phenolic OH excluding ortho intramolecular Hbond substituents is 1. The van der Waals surface area contributed by atoms with E-state index in [2.05, 4.69) is 204 Å². The first-order valence-corrected chi connectivity index (χ1v) is 24.0. The molecule has 0 amide bonds. The zero-order valence-electron chi connectivity index (χ0n) is 47.5. The lowest BCUT2D eigenvalue weighted by molar-refractivity contribution is 0.446. The fourth-order valence-corrected chi connectivity index (χ4v) is 9.26. The molecule has 0 aliphatic heterocycles. The molecule has 2 aromatic heterocycles. The molecular weight excluding hydrogens is 839 g/mol. The molecule has 4 heteroatoms. The fraction of sp³-hybridized carbons (Fsp3) is 0.262. The van der Waals surface area contributed by atoms with Crippen LogP contribution in [0.2, 0.25) is 0 Å². The van der Waals surface area contributed by atoms with Crippen molar-refractivity contribution in [1.82, 2.24) is 14.5 Å². The van der Waals surface area contributed by atoms with Crippen molar-refractivity contribution in [2.24, 2.45) is 0 Å². The van der Waals surface area contributed by atoms with Crippen LogP contribution in [0.4, 0.5) is 0 Å². The van der Waals surface area contributed by atoms with Crippen molar-refractivity contribution in [3.8, 4) is 78.6 Å². The Balaban J connectivity index is 1.37. The Bertz CT molecular complexity index is 3630. The largest absolute Gasteiger partial charge is 0.507 e. The molecule has 0 radical (unpaired) electrons. The van der Waals surface area contributed by atoms with Crippen LogP contribution in [-0.2, 0) is 21.7 Å². The number of fused-ring (bicyclic) bond motifs is 1. The average molecular weight is 911 g/mol. The number of pyridine rings is 1. The van der Waals surface area contributed by atoms with Gasteiger partial charge in [0.15, 0.2) is 0 Å². The number of phenols is 1. The number of para-hydroxylation sites is 1. The molecule has 69 heavy (non-hydrogen) atoms. The smallest absolute Gasteiger partial charge is 0.149 e. The average Bonchev–Trinajstić information content (AvgIpc) is 3.74. The summed E-state index contributed by atoms with van der Waals surface area (Å²) in [4.78, 5) is 10.6.